The van der Waals surface area contributed by atoms with Crippen molar-refractivity contribution in [3.05, 3.63) is 39.7 Å². The van der Waals surface area contributed by atoms with Crippen LogP contribution in [0.2, 0.25) is 0 Å². The first kappa shape index (κ1) is 13.9. The summed E-state index contributed by atoms with van der Waals surface area (Å²) in [7, 11) is 1.81. The van der Waals surface area contributed by atoms with Gasteiger partial charge in [-0.25, -0.2) is 0 Å². The van der Waals surface area contributed by atoms with Gasteiger partial charge in [0.15, 0.2) is 0 Å². The maximum absolute atomic E-state index is 10.7. The van der Waals surface area contributed by atoms with Crippen molar-refractivity contribution >= 4 is 5.82 Å². The zero-order valence-electron chi connectivity index (χ0n) is 12.2. The molecule has 0 atom stereocenters. The minimum absolute atomic E-state index is 0.173. The van der Waals surface area contributed by atoms with Gasteiger partial charge in [-0.2, -0.15) is 9.78 Å². The highest BCUT2D eigenvalue weighted by Crippen LogP contribution is 2.21. The Labute approximate surface area is 124 Å². The fourth-order valence-electron chi connectivity index (χ4n) is 2.11. The number of nitro groups is 1. The number of hydrogen-bond donors (Lipinski definition) is 0. The molecule has 3 aromatic heterocycles. The second kappa shape index (κ2) is 5.06. The molecule has 3 aromatic rings. The second-order valence-corrected chi connectivity index (χ2v) is 4.86. The van der Waals surface area contributed by atoms with Crippen LogP contribution in [0.25, 0.3) is 11.5 Å². The molecule has 0 bridgehead atoms. The molecule has 3 heterocycles. The molecule has 0 saturated heterocycles. The molecule has 0 amide bonds. The molecule has 22 heavy (non-hydrogen) atoms. The van der Waals surface area contributed by atoms with E-state index in [0.29, 0.717) is 17.5 Å². The van der Waals surface area contributed by atoms with Crippen molar-refractivity contribution < 1.29 is 9.34 Å². The first-order valence-electron chi connectivity index (χ1n) is 6.46. The fourth-order valence-corrected chi connectivity index (χ4v) is 2.11. The second-order valence-electron chi connectivity index (χ2n) is 4.86. The van der Waals surface area contributed by atoms with Crippen LogP contribution in [-0.2, 0) is 13.6 Å². The van der Waals surface area contributed by atoms with Gasteiger partial charge in [0.25, 0.3) is 5.89 Å². The number of aryl methyl sites for hydroxylation is 3. The van der Waals surface area contributed by atoms with E-state index < -0.39 is 4.92 Å². The molecule has 0 spiro atoms. The fraction of sp³-hybridized carbons (Fsp3) is 0.333. The van der Waals surface area contributed by atoms with E-state index in [-0.39, 0.29) is 12.4 Å². The SMILES string of the molecule is Cc1nn(C)cc1-c1nnc(Cn2nc([N+](=O)[O-])cc2C)o1. The molecular weight excluding hydrogens is 290 g/mol. The van der Waals surface area contributed by atoms with Gasteiger partial charge in [0.2, 0.25) is 5.89 Å². The van der Waals surface area contributed by atoms with Crippen LogP contribution < -0.4 is 0 Å². The number of aromatic nitrogens is 6. The normalized spacial score (nSPS) is 11.0. The van der Waals surface area contributed by atoms with Gasteiger partial charge in [-0.1, -0.05) is 0 Å². The molecule has 10 nitrogen and oxygen atoms in total. The average molecular weight is 303 g/mol. The van der Waals surface area contributed by atoms with Gasteiger partial charge in [-0.05, 0) is 18.8 Å². The largest absolute Gasteiger partial charge is 0.418 e. The molecule has 3 rings (SSSR count). The monoisotopic (exact) mass is 303 g/mol. The van der Waals surface area contributed by atoms with E-state index in [4.69, 9.17) is 4.42 Å². The summed E-state index contributed by atoms with van der Waals surface area (Å²) < 4.78 is 8.70. The molecule has 0 N–H and O–H groups in total. The van der Waals surface area contributed by atoms with Crippen LogP contribution in [-0.4, -0.2) is 34.7 Å². The smallest absolute Gasteiger partial charge is 0.390 e. The van der Waals surface area contributed by atoms with E-state index in [0.717, 1.165) is 11.3 Å². The summed E-state index contributed by atoms with van der Waals surface area (Å²) in [6.07, 6.45) is 1.79. The first-order chi connectivity index (χ1) is 10.4. The third kappa shape index (κ3) is 2.45. The Kier molecular flexibility index (Phi) is 3.20. The van der Waals surface area contributed by atoms with E-state index in [1.165, 1.54) is 10.7 Å². The molecule has 0 aromatic carbocycles. The zero-order valence-corrected chi connectivity index (χ0v) is 12.2. The predicted molar refractivity (Wildman–Crippen MR) is 74.0 cm³/mol. The van der Waals surface area contributed by atoms with Gasteiger partial charge >= 0.3 is 5.82 Å². The summed E-state index contributed by atoms with van der Waals surface area (Å²) in [4.78, 5) is 10.2. The lowest BCUT2D eigenvalue weighted by Crippen LogP contribution is -2.04. The Morgan fingerprint density at radius 3 is 2.68 bits per heavy atom. The summed E-state index contributed by atoms with van der Waals surface area (Å²) in [5.41, 5.74) is 2.18. The van der Waals surface area contributed by atoms with Crippen molar-refractivity contribution in [3.63, 3.8) is 0 Å². The van der Waals surface area contributed by atoms with Crippen LogP contribution in [0, 0.1) is 24.0 Å². The molecule has 0 fully saturated rings. The van der Waals surface area contributed by atoms with E-state index in [1.807, 2.05) is 6.92 Å². The van der Waals surface area contributed by atoms with Crippen molar-refractivity contribution in [2.75, 3.05) is 0 Å². The lowest BCUT2D eigenvalue weighted by Gasteiger charge is -1.94. The van der Waals surface area contributed by atoms with Crippen LogP contribution in [0.4, 0.5) is 5.82 Å². The maximum Gasteiger partial charge on any atom is 0.390 e. The maximum atomic E-state index is 10.7. The average Bonchev–Trinajstić information content (AvgIpc) is 3.11. The standard InChI is InChI=1S/C12H13N7O3/c1-7-4-10(19(20)21)16-18(7)6-11-13-14-12(22-11)9-5-17(3)15-8(9)2/h4-5H,6H2,1-3H3. The summed E-state index contributed by atoms with van der Waals surface area (Å²) in [5.74, 6) is 0.472. The highest BCUT2D eigenvalue weighted by Gasteiger charge is 2.19. The molecule has 0 aliphatic carbocycles. The van der Waals surface area contributed by atoms with E-state index >= 15 is 0 Å². The Morgan fingerprint density at radius 1 is 1.32 bits per heavy atom. The van der Waals surface area contributed by atoms with E-state index in [2.05, 4.69) is 20.4 Å². The molecule has 0 saturated carbocycles. The topological polar surface area (TPSA) is 118 Å². The van der Waals surface area contributed by atoms with Crippen molar-refractivity contribution in [2.45, 2.75) is 20.4 Å². The molecule has 10 heteroatoms. The summed E-state index contributed by atoms with van der Waals surface area (Å²) >= 11 is 0. The van der Waals surface area contributed by atoms with Gasteiger partial charge in [0.05, 0.1) is 28.1 Å². The van der Waals surface area contributed by atoms with Crippen molar-refractivity contribution in [3.8, 4) is 11.5 Å². The molecular formula is C12H13N7O3. The number of nitrogens with zero attached hydrogens (tertiary/aromatic N) is 7. The Hall–Kier alpha value is -3.04. The summed E-state index contributed by atoms with van der Waals surface area (Å²) in [5, 5.41) is 26.7. The predicted octanol–water partition coefficient (Wildman–Crippen LogP) is 1.24. The van der Waals surface area contributed by atoms with Gasteiger partial charge in [0.1, 0.15) is 6.54 Å². The molecule has 0 aliphatic heterocycles. The third-order valence-electron chi connectivity index (χ3n) is 3.15. The van der Waals surface area contributed by atoms with Crippen LogP contribution in [0.15, 0.2) is 16.7 Å². The van der Waals surface area contributed by atoms with Crippen molar-refractivity contribution in [1.29, 1.82) is 0 Å². The van der Waals surface area contributed by atoms with Gasteiger partial charge in [-0.15, -0.1) is 10.2 Å². The molecule has 0 unspecified atom stereocenters. The number of rotatable bonds is 4. The van der Waals surface area contributed by atoms with E-state index in [9.17, 15) is 10.1 Å². The van der Waals surface area contributed by atoms with Gasteiger partial charge < -0.3 is 14.5 Å². The summed E-state index contributed by atoms with van der Waals surface area (Å²) in [6, 6.07) is 1.39. The zero-order chi connectivity index (χ0) is 15.9. The minimum Gasteiger partial charge on any atom is -0.418 e. The van der Waals surface area contributed by atoms with Crippen molar-refractivity contribution in [2.24, 2.45) is 7.05 Å². The van der Waals surface area contributed by atoms with E-state index in [1.54, 1.807) is 24.9 Å². The van der Waals surface area contributed by atoms with Crippen LogP contribution in [0.5, 0.6) is 0 Å². The summed E-state index contributed by atoms with van der Waals surface area (Å²) in [6.45, 7) is 3.74. The molecule has 0 radical (unpaired) electrons. The van der Waals surface area contributed by atoms with Crippen molar-refractivity contribution in [1.82, 2.24) is 29.8 Å². The van der Waals surface area contributed by atoms with Gasteiger partial charge in [-0.3, -0.25) is 4.68 Å². The molecule has 0 aliphatic rings. The third-order valence-corrected chi connectivity index (χ3v) is 3.15. The van der Waals surface area contributed by atoms with Crippen LogP contribution >= 0.6 is 0 Å². The Morgan fingerprint density at radius 2 is 2.09 bits per heavy atom. The minimum atomic E-state index is -0.540. The number of hydrogen-bond acceptors (Lipinski definition) is 7. The lowest BCUT2D eigenvalue weighted by atomic mass is 10.3. The van der Waals surface area contributed by atoms with Crippen LogP contribution in [0.1, 0.15) is 17.3 Å². The van der Waals surface area contributed by atoms with Gasteiger partial charge in [0, 0.05) is 13.2 Å². The Bertz CT molecular complexity index is 845. The first-order valence-corrected chi connectivity index (χ1v) is 6.46. The Balaban J connectivity index is 1.86. The van der Waals surface area contributed by atoms with Crippen LogP contribution in [0.3, 0.4) is 0 Å². The lowest BCUT2D eigenvalue weighted by molar-refractivity contribution is -0.389. The quantitative estimate of drug-likeness (QED) is 0.525. The highest BCUT2D eigenvalue weighted by molar-refractivity contribution is 5.54. The highest BCUT2D eigenvalue weighted by atomic mass is 16.6. The molecule has 114 valence electrons.